The molecule has 0 heterocycles. The molecule has 0 amide bonds. The summed E-state index contributed by atoms with van der Waals surface area (Å²) >= 11 is 0. The maximum atomic E-state index is 12.7. The molecular formula is C8H11ClFN. The molecule has 0 aromatic heterocycles. The van der Waals surface area contributed by atoms with Crippen molar-refractivity contribution in [2.45, 2.75) is 6.92 Å². The zero-order valence-corrected chi connectivity index (χ0v) is 7.33. The van der Waals surface area contributed by atoms with Crippen molar-refractivity contribution < 1.29 is 4.39 Å². The van der Waals surface area contributed by atoms with Crippen LogP contribution >= 0.6 is 12.4 Å². The van der Waals surface area contributed by atoms with Gasteiger partial charge < -0.3 is 5.32 Å². The predicted molar refractivity (Wildman–Crippen MR) is 47.9 cm³/mol. The summed E-state index contributed by atoms with van der Waals surface area (Å²) in [5.41, 5.74) is 1.52. The molecule has 0 unspecified atom stereocenters. The van der Waals surface area contributed by atoms with Crippen molar-refractivity contribution in [1.29, 1.82) is 0 Å². The Morgan fingerprint density at radius 1 is 1.36 bits per heavy atom. The van der Waals surface area contributed by atoms with Gasteiger partial charge in [0.25, 0.3) is 0 Å². The highest BCUT2D eigenvalue weighted by Crippen LogP contribution is 2.15. The van der Waals surface area contributed by atoms with E-state index in [2.05, 4.69) is 5.32 Å². The minimum absolute atomic E-state index is 0. The molecule has 1 rings (SSSR count). The normalized spacial score (nSPS) is 8.64. The molecule has 1 N–H and O–H groups in total. The number of hydrogen-bond acceptors (Lipinski definition) is 1. The molecule has 0 atom stereocenters. The van der Waals surface area contributed by atoms with E-state index in [1.54, 1.807) is 20.0 Å². The molecule has 0 aliphatic rings. The fraction of sp³-hybridized carbons (Fsp3) is 0.250. The van der Waals surface area contributed by atoms with Crippen LogP contribution in [0, 0.1) is 12.7 Å². The van der Waals surface area contributed by atoms with E-state index in [1.165, 1.54) is 6.07 Å². The molecule has 0 aliphatic heterocycles. The van der Waals surface area contributed by atoms with Gasteiger partial charge in [-0.05, 0) is 19.1 Å². The first-order chi connectivity index (χ1) is 4.75. The second-order valence-electron chi connectivity index (χ2n) is 2.16. The third-order valence-electron chi connectivity index (χ3n) is 1.54. The van der Waals surface area contributed by atoms with Crippen molar-refractivity contribution in [2.75, 3.05) is 12.4 Å². The predicted octanol–water partition coefficient (Wildman–Crippen LogP) is 2.60. The van der Waals surface area contributed by atoms with Gasteiger partial charge in [0, 0.05) is 18.3 Å². The average Bonchev–Trinajstić information content (AvgIpc) is 1.95. The molecule has 0 fully saturated rings. The Bertz CT molecular complexity index is 238. The van der Waals surface area contributed by atoms with E-state index in [9.17, 15) is 4.39 Å². The lowest BCUT2D eigenvalue weighted by molar-refractivity contribution is 0.619. The van der Waals surface area contributed by atoms with E-state index in [0.717, 1.165) is 5.69 Å². The lowest BCUT2D eigenvalue weighted by Crippen LogP contribution is -1.92. The van der Waals surface area contributed by atoms with Crippen LogP contribution in [0.2, 0.25) is 0 Å². The van der Waals surface area contributed by atoms with Gasteiger partial charge in [0.1, 0.15) is 5.82 Å². The standard InChI is InChI=1S/C8H10FN.ClH/c1-6-7(9)4-3-5-8(6)10-2;/h3-5,10H,1-2H3;1H. The molecule has 0 saturated carbocycles. The van der Waals surface area contributed by atoms with Crippen LogP contribution in [0.3, 0.4) is 0 Å². The van der Waals surface area contributed by atoms with Gasteiger partial charge in [-0.3, -0.25) is 0 Å². The second-order valence-corrected chi connectivity index (χ2v) is 2.16. The number of halogens is 2. The largest absolute Gasteiger partial charge is 0.388 e. The van der Waals surface area contributed by atoms with Gasteiger partial charge in [-0.15, -0.1) is 12.4 Å². The topological polar surface area (TPSA) is 12.0 Å². The van der Waals surface area contributed by atoms with Gasteiger partial charge in [-0.2, -0.15) is 0 Å². The van der Waals surface area contributed by atoms with E-state index in [1.807, 2.05) is 6.07 Å². The van der Waals surface area contributed by atoms with E-state index in [4.69, 9.17) is 0 Å². The number of benzene rings is 1. The highest BCUT2D eigenvalue weighted by molar-refractivity contribution is 5.85. The Hall–Kier alpha value is -0.760. The van der Waals surface area contributed by atoms with Crippen molar-refractivity contribution in [3.8, 4) is 0 Å². The van der Waals surface area contributed by atoms with Crippen LogP contribution in [0.25, 0.3) is 0 Å². The summed E-state index contributed by atoms with van der Waals surface area (Å²) in [6.07, 6.45) is 0. The maximum Gasteiger partial charge on any atom is 0.128 e. The Morgan fingerprint density at radius 3 is 2.45 bits per heavy atom. The minimum atomic E-state index is -0.160. The Balaban J connectivity index is 0.000001000. The van der Waals surface area contributed by atoms with Crippen molar-refractivity contribution in [2.24, 2.45) is 0 Å². The number of nitrogens with one attached hydrogen (secondary N) is 1. The summed E-state index contributed by atoms with van der Waals surface area (Å²) in [4.78, 5) is 0. The highest BCUT2D eigenvalue weighted by atomic mass is 35.5. The smallest absolute Gasteiger partial charge is 0.128 e. The molecule has 1 aromatic rings. The quantitative estimate of drug-likeness (QED) is 0.692. The molecule has 0 saturated heterocycles. The van der Waals surface area contributed by atoms with Crippen molar-refractivity contribution >= 4 is 18.1 Å². The Labute approximate surface area is 72.0 Å². The molecule has 0 bridgehead atoms. The van der Waals surface area contributed by atoms with E-state index >= 15 is 0 Å². The second kappa shape index (κ2) is 4.19. The lowest BCUT2D eigenvalue weighted by atomic mass is 10.2. The summed E-state index contributed by atoms with van der Waals surface area (Å²) < 4.78 is 12.7. The molecular weight excluding hydrogens is 165 g/mol. The highest BCUT2D eigenvalue weighted by Gasteiger charge is 1.98. The van der Waals surface area contributed by atoms with E-state index in [0.29, 0.717) is 5.56 Å². The first-order valence-corrected chi connectivity index (χ1v) is 3.18. The van der Waals surface area contributed by atoms with Crippen LogP contribution in [-0.4, -0.2) is 7.05 Å². The van der Waals surface area contributed by atoms with Gasteiger partial charge in [0.15, 0.2) is 0 Å². The first kappa shape index (κ1) is 10.2. The Kier molecular flexibility index (Phi) is 3.90. The van der Waals surface area contributed by atoms with Crippen LogP contribution in [-0.2, 0) is 0 Å². The van der Waals surface area contributed by atoms with Gasteiger partial charge in [-0.1, -0.05) is 6.07 Å². The molecule has 0 radical (unpaired) electrons. The number of rotatable bonds is 1. The van der Waals surface area contributed by atoms with Crippen molar-refractivity contribution in [3.63, 3.8) is 0 Å². The van der Waals surface area contributed by atoms with Crippen molar-refractivity contribution in [3.05, 3.63) is 29.6 Å². The summed E-state index contributed by atoms with van der Waals surface area (Å²) in [5.74, 6) is -0.160. The average molecular weight is 176 g/mol. The summed E-state index contributed by atoms with van der Waals surface area (Å²) in [6, 6.07) is 4.99. The minimum Gasteiger partial charge on any atom is -0.388 e. The van der Waals surface area contributed by atoms with Gasteiger partial charge in [-0.25, -0.2) is 4.39 Å². The van der Waals surface area contributed by atoms with Crippen LogP contribution in [0.4, 0.5) is 10.1 Å². The monoisotopic (exact) mass is 175 g/mol. The summed E-state index contributed by atoms with van der Waals surface area (Å²) in [7, 11) is 1.78. The number of anilines is 1. The zero-order valence-electron chi connectivity index (χ0n) is 6.52. The van der Waals surface area contributed by atoms with Crippen LogP contribution in [0.5, 0.6) is 0 Å². The molecule has 1 nitrogen and oxygen atoms in total. The number of hydrogen-bond donors (Lipinski definition) is 1. The van der Waals surface area contributed by atoms with E-state index in [-0.39, 0.29) is 18.2 Å². The molecule has 1 aromatic carbocycles. The van der Waals surface area contributed by atoms with Gasteiger partial charge in [0.2, 0.25) is 0 Å². The Morgan fingerprint density at radius 2 is 2.00 bits per heavy atom. The zero-order chi connectivity index (χ0) is 7.56. The van der Waals surface area contributed by atoms with Crippen LogP contribution in [0.15, 0.2) is 18.2 Å². The van der Waals surface area contributed by atoms with Gasteiger partial charge >= 0.3 is 0 Å². The fourth-order valence-electron chi connectivity index (χ4n) is 0.878. The first-order valence-electron chi connectivity index (χ1n) is 3.18. The van der Waals surface area contributed by atoms with Crippen LogP contribution in [0.1, 0.15) is 5.56 Å². The molecule has 11 heavy (non-hydrogen) atoms. The SMILES string of the molecule is CNc1cccc(F)c1C.Cl. The molecule has 3 heteroatoms. The molecule has 62 valence electrons. The van der Waals surface area contributed by atoms with Gasteiger partial charge in [0.05, 0.1) is 0 Å². The summed E-state index contributed by atoms with van der Waals surface area (Å²) in [6.45, 7) is 1.75. The van der Waals surface area contributed by atoms with Crippen molar-refractivity contribution in [1.82, 2.24) is 0 Å². The summed E-state index contributed by atoms with van der Waals surface area (Å²) in [5, 5.41) is 2.90. The maximum absolute atomic E-state index is 12.7. The third kappa shape index (κ3) is 2.09. The van der Waals surface area contributed by atoms with Crippen LogP contribution < -0.4 is 5.32 Å². The molecule has 0 spiro atoms. The fourth-order valence-corrected chi connectivity index (χ4v) is 0.878. The van der Waals surface area contributed by atoms with E-state index < -0.39 is 0 Å². The lowest BCUT2D eigenvalue weighted by Gasteiger charge is -2.03. The third-order valence-corrected chi connectivity index (χ3v) is 1.54. The molecule has 0 aliphatic carbocycles.